The second-order valence-electron chi connectivity index (χ2n) is 8.82. The van der Waals surface area contributed by atoms with Gasteiger partial charge in [0.1, 0.15) is 23.9 Å². The first kappa shape index (κ1) is 28.5. The molecule has 39 heavy (non-hydrogen) atoms. The molecule has 4 rings (SSSR count). The summed E-state index contributed by atoms with van der Waals surface area (Å²) in [5.41, 5.74) is 0.0167. The Morgan fingerprint density at radius 2 is 1.44 bits per heavy atom. The van der Waals surface area contributed by atoms with E-state index in [1.807, 2.05) is 0 Å². The van der Waals surface area contributed by atoms with Crippen LogP contribution in [-0.2, 0) is 24.8 Å². The number of piperidine rings is 1. The molecule has 1 saturated heterocycles. The smallest absolute Gasteiger partial charge is 0.264 e. The molecule has 208 valence electrons. The van der Waals surface area contributed by atoms with Gasteiger partial charge in [0.2, 0.25) is 15.9 Å². The molecule has 1 fully saturated rings. The summed E-state index contributed by atoms with van der Waals surface area (Å²) in [6.07, 6.45) is 2.45. The zero-order chi connectivity index (χ0) is 28.2. The molecule has 1 aliphatic rings. The summed E-state index contributed by atoms with van der Waals surface area (Å²) in [5, 5.41) is 2.53. The summed E-state index contributed by atoms with van der Waals surface area (Å²) in [5.74, 6) is -1.92. The van der Waals surface area contributed by atoms with Crippen molar-refractivity contribution in [2.24, 2.45) is 0 Å². The van der Waals surface area contributed by atoms with Gasteiger partial charge in [-0.1, -0.05) is 6.42 Å². The van der Waals surface area contributed by atoms with E-state index in [9.17, 15) is 30.4 Å². The Balaban J connectivity index is 1.65. The summed E-state index contributed by atoms with van der Waals surface area (Å²) in [4.78, 5) is 12.8. The van der Waals surface area contributed by atoms with Crippen LogP contribution in [0.1, 0.15) is 19.3 Å². The number of halogens is 2. The average Bonchev–Trinajstić information content (AvgIpc) is 2.93. The van der Waals surface area contributed by atoms with Crippen LogP contribution in [0.2, 0.25) is 0 Å². The van der Waals surface area contributed by atoms with E-state index in [1.54, 1.807) is 0 Å². The number of ether oxygens (including phenoxy) is 1. The quantitative estimate of drug-likeness (QED) is 0.410. The minimum Gasteiger partial charge on any atom is -0.495 e. The molecule has 0 unspecified atom stereocenters. The van der Waals surface area contributed by atoms with Crippen molar-refractivity contribution in [3.05, 3.63) is 78.4 Å². The third kappa shape index (κ3) is 6.37. The molecule has 0 aromatic heterocycles. The number of carbonyl (C=O) groups is 1. The van der Waals surface area contributed by atoms with Crippen molar-refractivity contribution in [1.29, 1.82) is 0 Å². The molecular weight excluding hydrogens is 552 g/mol. The van der Waals surface area contributed by atoms with E-state index >= 15 is 0 Å². The summed E-state index contributed by atoms with van der Waals surface area (Å²) in [6, 6.07) is 12.5. The molecule has 13 heteroatoms. The van der Waals surface area contributed by atoms with Crippen molar-refractivity contribution in [3.63, 3.8) is 0 Å². The van der Waals surface area contributed by atoms with Crippen molar-refractivity contribution in [2.75, 3.05) is 36.4 Å². The van der Waals surface area contributed by atoms with Gasteiger partial charge >= 0.3 is 0 Å². The highest BCUT2D eigenvalue weighted by molar-refractivity contribution is 7.92. The van der Waals surface area contributed by atoms with Crippen molar-refractivity contribution in [3.8, 4) is 5.75 Å². The van der Waals surface area contributed by atoms with E-state index in [-0.39, 0.29) is 26.9 Å². The summed E-state index contributed by atoms with van der Waals surface area (Å²) in [6.45, 7) is 0.0332. The zero-order valence-corrected chi connectivity index (χ0v) is 22.6. The van der Waals surface area contributed by atoms with Crippen LogP contribution in [0.15, 0.2) is 76.5 Å². The average molecular weight is 580 g/mol. The van der Waals surface area contributed by atoms with E-state index in [2.05, 4.69) is 5.32 Å². The van der Waals surface area contributed by atoms with Crippen LogP contribution in [0.4, 0.5) is 20.2 Å². The number of anilines is 2. The first-order valence-electron chi connectivity index (χ1n) is 12.0. The van der Waals surface area contributed by atoms with Crippen LogP contribution in [0.3, 0.4) is 0 Å². The van der Waals surface area contributed by atoms with Gasteiger partial charge in [0.25, 0.3) is 10.0 Å². The van der Waals surface area contributed by atoms with E-state index in [0.29, 0.717) is 13.1 Å². The maximum absolute atomic E-state index is 13.6. The Bertz CT molecular complexity index is 1540. The molecule has 3 aromatic carbocycles. The Hall–Kier alpha value is -3.55. The number of carbonyl (C=O) groups excluding carboxylic acids is 1. The van der Waals surface area contributed by atoms with Crippen LogP contribution in [0.5, 0.6) is 5.75 Å². The maximum atomic E-state index is 13.6. The first-order chi connectivity index (χ1) is 18.5. The van der Waals surface area contributed by atoms with Gasteiger partial charge in [0.15, 0.2) is 0 Å². The molecule has 0 bridgehead atoms. The van der Waals surface area contributed by atoms with Gasteiger partial charge in [-0.2, -0.15) is 4.31 Å². The third-order valence-electron chi connectivity index (χ3n) is 6.20. The SMILES string of the molecule is COc1ccc(S(=O)(=O)N2CCCCC2)cc1NC(=O)CN(c1ccc(F)cc1)S(=O)(=O)c1ccc(F)cc1. The van der Waals surface area contributed by atoms with Gasteiger partial charge in [0, 0.05) is 13.1 Å². The molecule has 1 N–H and O–H groups in total. The van der Waals surface area contributed by atoms with Gasteiger partial charge in [-0.3, -0.25) is 9.10 Å². The number of methoxy groups -OCH3 is 1. The highest BCUT2D eigenvalue weighted by Crippen LogP contribution is 2.31. The molecule has 0 atom stereocenters. The van der Waals surface area contributed by atoms with Crippen molar-refractivity contribution in [2.45, 2.75) is 29.1 Å². The number of hydrogen-bond acceptors (Lipinski definition) is 6. The number of rotatable bonds is 9. The largest absolute Gasteiger partial charge is 0.495 e. The predicted octanol–water partition coefficient (Wildman–Crippen LogP) is 3.98. The van der Waals surface area contributed by atoms with Crippen molar-refractivity contribution < 1.29 is 35.1 Å². The molecule has 0 aliphatic carbocycles. The number of nitrogens with zero attached hydrogens (tertiary/aromatic N) is 2. The molecule has 1 heterocycles. The minimum absolute atomic E-state index is 0.00994. The van der Waals surface area contributed by atoms with E-state index in [1.165, 1.54) is 41.7 Å². The fourth-order valence-electron chi connectivity index (χ4n) is 4.18. The number of sulfonamides is 2. The monoisotopic (exact) mass is 579 g/mol. The van der Waals surface area contributed by atoms with Crippen LogP contribution in [0, 0.1) is 11.6 Å². The van der Waals surface area contributed by atoms with Crippen LogP contribution < -0.4 is 14.4 Å². The van der Waals surface area contributed by atoms with Crippen molar-refractivity contribution >= 4 is 37.3 Å². The fraction of sp³-hybridized carbons (Fsp3) is 0.269. The molecule has 1 aliphatic heterocycles. The lowest BCUT2D eigenvalue weighted by Crippen LogP contribution is -2.38. The van der Waals surface area contributed by atoms with Gasteiger partial charge < -0.3 is 10.1 Å². The second kappa shape index (κ2) is 11.7. The molecule has 0 radical (unpaired) electrons. The molecule has 0 spiro atoms. The zero-order valence-electron chi connectivity index (χ0n) is 21.0. The number of hydrogen-bond donors (Lipinski definition) is 1. The second-order valence-corrected chi connectivity index (χ2v) is 12.6. The first-order valence-corrected chi connectivity index (χ1v) is 14.9. The number of amides is 1. The predicted molar refractivity (Wildman–Crippen MR) is 142 cm³/mol. The van der Waals surface area contributed by atoms with Crippen LogP contribution >= 0.6 is 0 Å². The van der Waals surface area contributed by atoms with Gasteiger partial charge in [-0.05, 0) is 79.6 Å². The van der Waals surface area contributed by atoms with Gasteiger partial charge in [-0.15, -0.1) is 0 Å². The highest BCUT2D eigenvalue weighted by Gasteiger charge is 2.29. The van der Waals surface area contributed by atoms with E-state index in [4.69, 9.17) is 4.74 Å². The lowest BCUT2D eigenvalue weighted by molar-refractivity contribution is -0.114. The minimum atomic E-state index is -4.38. The standard InChI is InChI=1S/C26H27F2N3O6S2/c1-37-25-14-13-23(38(33,34)30-15-3-2-4-16-30)17-24(25)29-26(32)18-31(21-9-5-19(27)6-10-21)39(35,36)22-11-7-20(28)8-12-22/h5-14,17H,2-4,15-16,18H2,1H3,(H,29,32). The molecule has 3 aromatic rings. The Morgan fingerprint density at radius 3 is 2.03 bits per heavy atom. The number of nitrogens with one attached hydrogen (secondary N) is 1. The lowest BCUT2D eigenvalue weighted by Gasteiger charge is -2.26. The van der Waals surface area contributed by atoms with Crippen molar-refractivity contribution in [1.82, 2.24) is 4.31 Å². The van der Waals surface area contributed by atoms with E-state index < -0.39 is 44.1 Å². The summed E-state index contributed by atoms with van der Waals surface area (Å²) in [7, 11) is -6.87. The molecule has 1 amide bonds. The summed E-state index contributed by atoms with van der Waals surface area (Å²) >= 11 is 0. The Kier molecular flexibility index (Phi) is 8.52. The molecular formula is C26H27F2N3O6S2. The number of benzene rings is 3. The molecule has 0 saturated carbocycles. The highest BCUT2D eigenvalue weighted by atomic mass is 32.2. The fourth-order valence-corrected chi connectivity index (χ4v) is 7.14. The van der Waals surface area contributed by atoms with Crippen LogP contribution in [-0.4, -0.2) is 53.8 Å². The van der Waals surface area contributed by atoms with Crippen LogP contribution in [0.25, 0.3) is 0 Å². The Morgan fingerprint density at radius 1 is 0.872 bits per heavy atom. The van der Waals surface area contributed by atoms with Gasteiger partial charge in [0.05, 0.1) is 28.3 Å². The van der Waals surface area contributed by atoms with E-state index in [0.717, 1.165) is 60.0 Å². The summed E-state index contributed by atoms with van der Waals surface area (Å²) < 4.78 is 87.6. The lowest BCUT2D eigenvalue weighted by atomic mass is 10.2. The molecule has 9 nitrogen and oxygen atoms in total. The Labute approximate surface area is 226 Å². The topological polar surface area (TPSA) is 113 Å². The van der Waals surface area contributed by atoms with Gasteiger partial charge in [-0.25, -0.2) is 25.6 Å². The third-order valence-corrected chi connectivity index (χ3v) is 9.88. The maximum Gasteiger partial charge on any atom is 0.264 e. The normalized spacial score (nSPS) is 14.5.